The van der Waals surface area contributed by atoms with Gasteiger partial charge in [-0.05, 0) is 73.0 Å². The zero-order valence-electron chi connectivity index (χ0n) is 16.8. The Bertz CT molecular complexity index is 327. The zero-order chi connectivity index (χ0) is 17.1. The third-order valence-electron chi connectivity index (χ3n) is 7.73. The average Bonchev–Trinajstić information content (AvgIpc) is 2.47. The lowest BCUT2D eigenvalue weighted by atomic mass is 9.65. The van der Waals surface area contributed by atoms with Crippen molar-refractivity contribution in [1.82, 2.24) is 0 Å². The van der Waals surface area contributed by atoms with Gasteiger partial charge < -0.3 is 4.74 Å². The molecular weight excluding hydrogens is 280 g/mol. The van der Waals surface area contributed by atoms with Gasteiger partial charge in [-0.25, -0.2) is 0 Å². The maximum Gasteiger partial charge on any atom is 0.0494 e. The van der Waals surface area contributed by atoms with Crippen LogP contribution < -0.4 is 0 Å². The Kier molecular flexibility index (Phi) is 6.62. The van der Waals surface area contributed by atoms with Crippen LogP contribution in [0.15, 0.2) is 0 Å². The third kappa shape index (κ3) is 4.97. The molecule has 0 aliphatic heterocycles. The van der Waals surface area contributed by atoms with Gasteiger partial charge in [0.15, 0.2) is 0 Å². The van der Waals surface area contributed by atoms with Crippen LogP contribution >= 0.6 is 0 Å². The Labute approximate surface area is 146 Å². The summed E-state index contributed by atoms with van der Waals surface area (Å²) in [5, 5.41) is 0. The molecule has 0 heterocycles. The Morgan fingerprint density at radius 1 is 0.783 bits per heavy atom. The highest BCUT2D eigenvalue weighted by Crippen LogP contribution is 2.46. The van der Waals surface area contributed by atoms with E-state index in [1.54, 1.807) is 0 Å². The van der Waals surface area contributed by atoms with Crippen molar-refractivity contribution >= 4 is 0 Å². The second-order valence-corrected chi connectivity index (χ2v) is 10.1. The van der Waals surface area contributed by atoms with Crippen LogP contribution in [0.4, 0.5) is 0 Å². The van der Waals surface area contributed by atoms with Crippen molar-refractivity contribution in [3.63, 3.8) is 0 Å². The smallest absolute Gasteiger partial charge is 0.0494 e. The second kappa shape index (κ2) is 7.89. The van der Waals surface area contributed by atoms with Crippen LogP contribution in [-0.2, 0) is 4.74 Å². The number of hydrogen-bond acceptors (Lipinski definition) is 1. The summed E-state index contributed by atoms with van der Waals surface area (Å²) < 4.78 is 6.26. The Morgan fingerprint density at radius 2 is 1.17 bits per heavy atom. The lowest BCUT2D eigenvalue weighted by Gasteiger charge is -2.42. The lowest BCUT2D eigenvalue weighted by molar-refractivity contribution is -0.00156. The minimum absolute atomic E-state index is 0.549. The van der Waals surface area contributed by atoms with Crippen LogP contribution in [0, 0.1) is 34.5 Å². The molecule has 4 atom stereocenters. The van der Waals surface area contributed by atoms with Crippen molar-refractivity contribution < 1.29 is 4.74 Å². The molecule has 1 heteroatoms. The number of rotatable bonds is 6. The first kappa shape index (κ1) is 19.3. The summed E-state index contributed by atoms with van der Waals surface area (Å²) in [6, 6.07) is 0. The second-order valence-electron chi connectivity index (χ2n) is 10.1. The summed E-state index contributed by atoms with van der Waals surface area (Å²) in [5.41, 5.74) is 1.10. The van der Waals surface area contributed by atoms with Gasteiger partial charge in [0.05, 0.1) is 0 Å². The van der Waals surface area contributed by atoms with Crippen LogP contribution in [0.2, 0.25) is 0 Å². The standard InChI is InChI=1S/C22H42O/c1-17(2)21(5)11-7-9-19(13-21)15-23-16-20-10-8-12-22(6,14-20)18(3)4/h17-20H,7-16H2,1-6H3. The zero-order valence-corrected chi connectivity index (χ0v) is 16.8. The van der Waals surface area contributed by atoms with E-state index in [9.17, 15) is 0 Å². The van der Waals surface area contributed by atoms with Crippen molar-refractivity contribution in [2.75, 3.05) is 13.2 Å². The summed E-state index contributed by atoms with van der Waals surface area (Å²) in [6.07, 6.45) is 11.1. The quantitative estimate of drug-likeness (QED) is 0.528. The molecule has 2 rings (SSSR count). The van der Waals surface area contributed by atoms with Crippen molar-refractivity contribution in [1.29, 1.82) is 0 Å². The minimum Gasteiger partial charge on any atom is -0.381 e. The molecule has 2 aliphatic carbocycles. The molecule has 0 aromatic rings. The van der Waals surface area contributed by atoms with E-state index in [0.717, 1.165) is 36.9 Å². The van der Waals surface area contributed by atoms with E-state index < -0.39 is 0 Å². The van der Waals surface area contributed by atoms with E-state index in [4.69, 9.17) is 4.74 Å². The number of hydrogen-bond donors (Lipinski definition) is 0. The maximum atomic E-state index is 6.26. The molecule has 1 nitrogen and oxygen atoms in total. The fourth-order valence-electron chi connectivity index (χ4n) is 5.05. The highest BCUT2D eigenvalue weighted by molar-refractivity contribution is 4.87. The van der Waals surface area contributed by atoms with E-state index in [1.807, 2.05) is 0 Å². The minimum atomic E-state index is 0.549. The van der Waals surface area contributed by atoms with Crippen molar-refractivity contribution in [2.45, 2.75) is 92.9 Å². The van der Waals surface area contributed by atoms with E-state index in [2.05, 4.69) is 41.5 Å². The van der Waals surface area contributed by atoms with E-state index in [-0.39, 0.29) is 0 Å². The topological polar surface area (TPSA) is 9.23 Å². The molecule has 0 bridgehead atoms. The third-order valence-corrected chi connectivity index (χ3v) is 7.73. The summed E-state index contributed by atoms with van der Waals surface area (Å²) in [5.74, 6) is 3.21. The lowest BCUT2D eigenvalue weighted by Crippen LogP contribution is -2.34. The maximum absolute atomic E-state index is 6.26. The van der Waals surface area contributed by atoms with Gasteiger partial charge in [-0.1, -0.05) is 54.4 Å². The molecule has 2 fully saturated rings. The Morgan fingerprint density at radius 3 is 1.52 bits per heavy atom. The van der Waals surface area contributed by atoms with Crippen LogP contribution in [0.25, 0.3) is 0 Å². The SMILES string of the molecule is CC(C)C1(C)CCCC(COCC2CCCC(C)(C(C)C)C2)C1. The molecule has 0 saturated heterocycles. The van der Waals surface area contributed by atoms with Crippen LogP contribution in [0.1, 0.15) is 92.9 Å². The van der Waals surface area contributed by atoms with Gasteiger partial charge in [-0.3, -0.25) is 0 Å². The van der Waals surface area contributed by atoms with E-state index in [1.165, 1.54) is 51.4 Å². The highest BCUT2D eigenvalue weighted by atomic mass is 16.5. The first-order valence-electron chi connectivity index (χ1n) is 10.3. The monoisotopic (exact) mass is 322 g/mol. The molecular formula is C22H42O. The molecule has 0 aromatic heterocycles. The van der Waals surface area contributed by atoms with Crippen LogP contribution in [0.3, 0.4) is 0 Å². The Balaban J connectivity index is 1.74. The fourth-order valence-corrected chi connectivity index (χ4v) is 5.05. The van der Waals surface area contributed by atoms with Gasteiger partial charge >= 0.3 is 0 Å². The summed E-state index contributed by atoms with van der Waals surface area (Å²) in [6.45, 7) is 16.6. The van der Waals surface area contributed by atoms with Crippen LogP contribution in [0.5, 0.6) is 0 Å². The molecule has 0 N–H and O–H groups in total. The number of ether oxygens (including phenoxy) is 1. The predicted molar refractivity (Wildman–Crippen MR) is 101 cm³/mol. The molecule has 0 radical (unpaired) electrons. The normalized spacial score (nSPS) is 39.1. The van der Waals surface area contributed by atoms with Gasteiger partial charge in [0, 0.05) is 13.2 Å². The van der Waals surface area contributed by atoms with Crippen molar-refractivity contribution in [2.24, 2.45) is 34.5 Å². The van der Waals surface area contributed by atoms with E-state index >= 15 is 0 Å². The molecule has 23 heavy (non-hydrogen) atoms. The van der Waals surface area contributed by atoms with Gasteiger partial charge in [0.1, 0.15) is 0 Å². The molecule has 0 aromatic carbocycles. The first-order valence-corrected chi connectivity index (χ1v) is 10.3. The molecule has 0 spiro atoms. The molecule has 0 amide bonds. The molecule has 4 unspecified atom stereocenters. The molecule has 2 aliphatic rings. The largest absolute Gasteiger partial charge is 0.381 e. The van der Waals surface area contributed by atoms with E-state index in [0.29, 0.717) is 10.8 Å². The predicted octanol–water partition coefficient (Wildman–Crippen LogP) is 6.71. The molecule has 2 saturated carbocycles. The van der Waals surface area contributed by atoms with Gasteiger partial charge in [0.2, 0.25) is 0 Å². The van der Waals surface area contributed by atoms with Crippen LogP contribution in [-0.4, -0.2) is 13.2 Å². The van der Waals surface area contributed by atoms with Gasteiger partial charge in [0.25, 0.3) is 0 Å². The Hall–Kier alpha value is -0.0400. The van der Waals surface area contributed by atoms with Crippen molar-refractivity contribution in [3.8, 4) is 0 Å². The summed E-state index contributed by atoms with van der Waals surface area (Å²) >= 11 is 0. The molecule has 136 valence electrons. The van der Waals surface area contributed by atoms with Gasteiger partial charge in [-0.2, -0.15) is 0 Å². The summed E-state index contributed by atoms with van der Waals surface area (Å²) in [4.78, 5) is 0. The summed E-state index contributed by atoms with van der Waals surface area (Å²) in [7, 11) is 0. The van der Waals surface area contributed by atoms with Crippen molar-refractivity contribution in [3.05, 3.63) is 0 Å². The average molecular weight is 323 g/mol. The highest BCUT2D eigenvalue weighted by Gasteiger charge is 2.36. The first-order chi connectivity index (χ1) is 10.8. The fraction of sp³-hybridized carbons (Fsp3) is 1.00. The van der Waals surface area contributed by atoms with Gasteiger partial charge in [-0.15, -0.1) is 0 Å².